The molecule has 1 aromatic rings. The SMILES string of the molecule is CCc1cc(C(=O)N2CCCS(=O)(=O)CC2)cc(Cl)n1. The molecule has 110 valence electrons. The first kappa shape index (κ1) is 15.3. The van der Waals surface area contributed by atoms with Crippen molar-refractivity contribution in [1.82, 2.24) is 9.88 Å². The number of sulfone groups is 1. The summed E-state index contributed by atoms with van der Waals surface area (Å²) in [5.41, 5.74) is 1.23. The molecule has 1 amide bonds. The molecule has 0 radical (unpaired) electrons. The minimum atomic E-state index is -3.02. The average Bonchev–Trinajstić information content (AvgIpc) is 2.58. The summed E-state index contributed by atoms with van der Waals surface area (Å²) in [4.78, 5) is 18.1. The molecular formula is C13H17ClN2O3S. The van der Waals surface area contributed by atoms with Gasteiger partial charge in [0.15, 0.2) is 9.84 Å². The third-order valence-corrected chi connectivity index (χ3v) is 5.21. The van der Waals surface area contributed by atoms with Crippen molar-refractivity contribution in [2.45, 2.75) is 19.8 Å². The van der Waals surface area contributed by atoms with Crippen LogP contribution in [0.15, 0.2) is 12.1 Å². The number of halogens is 1. The van der Waals surface area contributed by atoms with Crippen LogP contribution in [0, 0.1) is 0 Å². The Morgan fingerprint density at radius 3 is 2.80 bits per heavy atom. The zero-order valence-electron chi connectivity index (χ0n) is 11.3. The van der Waals surface area contributed by atoms with E-state index in [1.165, 1.54) is 6.07 Å². The van der Waals surface area contributed by atoms with Crippen LogP contribution in [0.1, 0.15) is 29.4 Å². The van der Waals surface area contributed by atoms with Crippen LogP contribution in [0.4, 0.5) is 0 Å². The van der Waals surface area contributed by atoms with Gasteiger partial charge in [0.1, 0.15) is 5.15 Å². The number of pyridine rings is 1. The first-order valence-electron chi connectivity index (χ1n) is 6.57. The van der Waals surface area contributed by atoms with Crippen molar-refractivity contribution in [3.8, 4) is 0 Å². The van der Waals surface area contributed by atoms with Crippen LogP contribution in [0.5, 0.6) is 0 Å². The lowest BCUT2D eigenvalue weighted by Gasteiger charge is -2.20. The largest absolute Gasteiger partial charge is 0.338 e. The minimum Gasteiger partial charge on any atom is -0.338 e. The van der Waals surface area contributed by atoms with Crippen LogP contribution < -0.4 is 0 Å². The number of nitrogens with zero attached hydrogens (tertiary/aromatic N) is 2. The topological polar surface area (TPSA) is 67.3 Å². The van der Waals surface area contributed by atoms with Crippen LogP contribution in [0.3, 0.4) is 0 Å². The highest BCUT2D eigenvalue weighted by atomic mass is 35.5. The van der Waals surface area contributed by atoms with Gasteiger partial charge in [-0.3, -0.25) is 4.79 Å². The summed E-state index contributed by atoms with van der Waals surface area (Å²) >= 11 is 5.91. The molecule has 1 aliphatic heterocycles. The van der Waals surface area contributed by atoms with Gasteiger partial charge < -0.3 is 4.90 Å². The van der Waals surface area contributed by atoms with Crippen LogP contribution in [-0.4, -0.2) is 48.8 Å². The molecule has 1 aliphatic rings. The molecule has 0 saturated carbocycles. The quantitative estimate of drug-likeness (QED) is 0.777. The van der Waals surface area contributed by atoms with E-state index in [1.807, 2.05) is 6.92 Å². The zero-order valence-corrected chi connectivity index (χ0v) is 12.9. The third kappa shape index (κ3) is 3.70. The van der Waals surface area contributed by atoms with Crippen LogP contribution in [0.25, 0.3) is 0 Å². The van der Waals surface area contributed by atoms with E-state index >= 15 is 0 Å². The van der Waals surface area contributed by atoms with Gasteiger partial charge in [0.25, 0.3) is 5.91 Å². The number of carbonyl (C=O) groups excluding carboxylic acids is 1. The summed E-state index contributed by atoms with van der Waals surface area (Å²) < 4.78 is 23.1. The second kappa shape index (κ2) is 6.10. The molecule has 2 rings (SSSR count). The maximum Gasteiger partial charge on any atom is 0.254 e. The first-order chi connectivity index (χ1) is 9.41. The van der Waals surface area contributed by atoms with Gasteiger partial charge in [-0.15, -0.1) is 0 Å². The maximum atomic E-state index is 12.4. The normalized spacial score (nSPS) is 18.6. The Hall–Kier alpha value is -1.14. The fraction of sp³-hybridized carbons (Fsp3) is 0.538. The Labute approximate surface area is 123 Å². The highest BCUT2D eigenvalue weighted by Gasteiger charge is 2.23. The van der Waals surface area contributed by atoms with E-state index in [2.05, 4.69) is 4.98 Å². The van der Waals surface area contributed by atoms with Crippen LogP contribution in [0.2, 0.25) is 5.15 Å². The van der Waals surface area contributed by atoms with Gasteiger partial charge in [-0.1, -0.05) is 18.5 Å². The molecule has 2 heterocycles. The van der Waals surface area contributed by atoms with Gasteiger partial charge in [-0.25, -0.2) is 13.4 Å². The van der Waals surface area contributed by atoms with Gasteiger partial charge in [-0.2, -0.15) is 0 Å². The van der Waals surface area contributed by atoms with E-state index in [1.54, 1.807) is 11.0 Å². The fourth-order valence-corrected chi connectivity index (χ4v) is 3.68. The number of carbonyl (C=O) groups is 1. The second-order valence-electron chi connectivity index (χ2n) is 4.82. The molecule has 0 atom stereocenters. The highest BCUT2D eigenvalue weighted by Crippen LogP contribution is 2.15. The lowest BCUT2D eigenvalue weighted by Crippen LogP contribution is -2.33. The molecule has 1 fully saturated rings. The lowest BCUT2D eigenvalue weighted by molar-refractivity contribution is 0.0768. The van der Waals surface area contributed by atoms with E-state index < -0.39 is 9.84 Å². The maximum absolute atomic E-state index is 12.4. The molecule has 0 bridgehead atoms. The molecule has 1 aromatic heterocycles. The van der Waals surface area contributed by atoms with Crippen molar-refractivity contribution in [2.75, 3.05) is 24.6 Å². The first-order valence-corrected chi connectivity index (χ1v) is 8.77. The summed E-state index contributed by atoms with van der Waals surface area (Å²) in [5, 5.41) is 0.287. The Bertz CT molecular complexity index is 616. The number of rotatable bonds is 2. The van der Waals surface area contributed by atoms with Crippen molar-refractivity contribution in [3.63, 3.8) is 0 Å². The Balaban J connectivity index is 2.21. The van der Waals surface area contributed by atoms with Crippen molar-refractivity contribution >= 4 is 27.3 Å². The summed E-state index contributed by atoms with van der Waals surface area (Å²) in [5.74, 6) is -0.00664. The molecule has 5 nitrogen and oxygen atoms in total. The van der Waals surface area contributed by atoms with Crippen LogP contribution in [-0.2, 0) is 16.3 Å². The Morgan fingerprint density at radius 2 is 2.10 bits per heavy atom. The smallest absolute Gasteiger partial charge is 0.254 e. The van der Waals surface area contributed by atoms with Crippen molar-refractivity contribution in [1.29, 1.82) is 0 Å². The Morgan fingerprint density at radius 1 is 1.35 bits per heavy atom. The molecule has 0 unspecified atom stereocenters. The van der Waals surface area contributed by atoms with Crippen molar-refractivity contribution < 1.29 is 13.2 Å². The molecule has 7 heteroatoms. The van der Waals surface area contributed by atoms with E-state index in [4.69, 9.17) is 11.6 Å². The van der Waals surface area contributed by atoms with Crippen LogP contribution >= 0.6 is 11.6 Å². The van der Waals surface area contributed by atoms with Gasteiger partial charge in [0, 0.05) is 24.3 Å². The van der Waals surface area contributed by atoms with E-state index in [0.29, 0.717) is 24.9 Å². The summed E-state index contributed by atoms with van der Waals surface area (Å²) in [7, 11) is -3.02. The molecule has 0 spiro atoms. The van der Waals surface area contributed by atoms with Gasteiger partial charge in [-0.05, 0) is 25.0 Å². The number of hydrogen-bond acceptors (Lipinski definition) is 4. The minimum absolute atomic E-state index is 0.0260. The summed E-state index contributed by atoms with van der Waals surface area (Å²) in [6.45, 7) is 2.63. The molecule has 0 aromatic carbocycles. The second-order valence-corrected chi connectivity index (χ2v) is 7.51. The highest BCUT2D eigenvalue weighted by molar-refractivity contribution is 7.91. The van der Waals surface area contributed by atoms with Gasteiger partial charge in [0.2, 0.25) is 0 Å². The summed E-state index contributed by atoms with van der Waals surface area (Å²) in [6, 6.07) is 3.25. The lowest BCUT2D eigenvalue weighted by atomic mass is 10.1. The average molecular weight is 317 g/mol. The fourth-order valence-electron chi connectivity index (χ4n) is 2.18. The van der Waals surface area contributed by atoms with E-state index in [0.717, 1.165) is 5.69 Å². The molecule has 20 heavy (non-hydrogen) atoms. The van der Waals surface area contributed by atoms with Crippen molar-refractivity contribution in [3.05, 3.63) is 28.5 Å². The van der Waals surface area contributed by atoms with E-state index in [9.17, 15) is 13.2 Å². The van der Waals surface area contributed by atoms with E-state index in [-0.39, 0.29) is 29.1 Å². The predicted molar refractivity (Wildman–Crippen MR) is 77.8 cm³/mol. The summed E-state index contributed by atoms with van der Waals surface area (Å²) in [6.07, 6.45) is 1.17. The number of hydrogen-bond donors (Lipinski definition) is 0. The third-order valence-electron chi connectivity index (χ3n) is 3.30. The zero-order chi connectivity index (χ0) is 14.8. The molecule has 0 N–H and O–H groups in total. The molecular weight excluding hydrogens is 300 g/mol. The standard InChI is InChI=1S/C13H17ClN2O3S/c1-2-11-8-10(9-12(14)15-11)13(17)16-4-3-6-20(18,19)7-5-16/h8-9H,2-7H2,1H3. The predicted octanol–water partition coefficient (Wildman–Crippen LogP) is 1.56. The number of aryl methyl sites for hydroxylation is 1. The Kier molecular flexibility index (Phi) is 4.65. The van der Waals surface area contributed by atoms with Gasteiger partial charge in [0.05, 0.1) is 11.5 Å². The monoisotopic (exact) mass is 316 g/mol. The number of amides is 1. The molecule has 0 aliphatic carbocycles. The van der Waals surface area contributed by atoms with Gasteiger partial charge >= 0.3 is 0 Å². The molecule has 1 saturated heterocycles. The van der Waals surface area contributed by atoms with Crippen molar-refractivity contribution in [2.24, 2.45) is 0 Å². The number of aromatic nitrogens is 1.